The fraction of sp³-hybridized carbons (Fsp3) is 0.294. The molecule has 0 spiro atoms. The molecular formula is C17H22ClFN2O2S. The summed E-state index contributed by atoms with van der Waals surface area (Å²) in [6.07, 6.45) is 0.549. The zero-order valence-electron chi connectivity index (χ0n) is 13.5. The van der Waals surface area contributed by atoms with Crippen LogP contribution in [0.1, 0.15) is 11.1 Å². The molecule has 0 aliphatic carbocycles. The molecule has 0 atom stereocenters. The van der Waals surface area contributed by atoms with E-state index in [1.807, 2.05) is 30.3 Å². The smallest absolute Gasteiger partial charge is 0.246 e. The van der Waals surface area contributed by atoms with Crippen LogP contribution in [-0.2, 0) is 16.4 Å². The van der Waals surface area contributed by atoms with E-state index in [4.69, 9.17) is 5.73 Å². The number of halogens is 2. The maximum atomic E-state index is 14.1. The van der Waals surface area contributed by atoms with E-state index in [9.17, 15) is 12.8 Å². The Bertz CT molecular complexity index is 734. The van der Waals surface area contributed by atoms with Gasteiger partial charge in [0.2, 0.25) is 10.0 Å². The van der Waals surface area contributed by atoms with Gasteiger partial charge in [-0.05, 0) is 30.5 Å². The third kappa shape index (κ3) is 4.77. The van der Waals surface area contributed by atoms with Crippen molar-refractivity contribution in [2.45, 2.75) is 18.2 Å². The van der Waals surface area contributed by atoms with Crippen molar-refractivity contribution in [2.75, 3.05) is 19.6 Å². The quantitative estimate of drug-likeness (QED) is 0.812. The van der Waals surface area contributed by atoms with Crippen molar-refractivity contribution in [1.82, 2.24) is 4.31 Å². The second-order valence-corrected chi connectivity index (χ2v) is 7.19. The predicted octanol–water partition coefficient (Wildman–Crippen LogP) is 2.75. The highest BCUT2D eigenvalue weighted by molar-refractivity contribution is 7.89. The van der Waals surface area contributed by atoms with Gasteiger partial charge in [-0.3, -0.25) is 0 Å². The van der Waals surface area contributed by atoms with Gasteiger partial charge in [0, 0.05) is 19.6 Å². The van der Waals surface area contributed by atoms with E-state index in [0.717, 1.165) is 11.6 Å². The van der Waals surface area contributed by atoms with Crippen LogP contribution < -0.4 is 5.73 Å². The van der Waals surface area contributed by atoms with Crippen molar-refractivity contribution in [3.63, 3.8) is 0 Å². The van der Waals surface area contributed by atoms with Gasteiger partial charge in [-0.25, -0.2) is 12.8 Å². The van der Waals surface area contributed by atoms with E-state index >= 15 is 0 Å². The number of hydrogen-bond donors (Lipinski definition) is 1. The molecule has 0 bridgehead atoms. The highest BCUT2D eigenvalue weighted by Gasteiger charge is 2.28. The normalized spacial score (nSPS) is 11.3. The number of rotatable bonds is 7. The first-order valence-electron chi connectivity index (χ1n) is 7.46. The molecule has 0 unspecified atom stereocenters. The fourth-order valence-electron chi connectivity index (χ4n) is 2.47. The van der Waals surface area contributed by atoms with Crippen molar-refractivity contribution in [1.29, 1.82) is 0 Å². The molecule has 2 N–H and O–H groups in total. The summed E-state index contributed by atoms with van der Waals surface area (Å²) in [4.78, 5) is -0.262. The molecule has 24 heavy (non-hydrogen) atoms. The van der Waals surface area contributed by atoms with Crippen LogP contribution >= 0.6 is 12.4 Å². The lowest BCUT2D eigenvalue weighted by Gasteiger charge is -2.23. The van der Waals surface area contributed by atoms with Crippen LogP contribution in [0.15, 0.2) is 53.4 Å². The summed E-state index contributed by atoms with van der Waals surface area (Å²) in [5, 5.41) is 0. The molecule has 0 amide bonds. The number of hydrogen-bond acceptors (Lipinski definition) is 3. The Balaban J connectivity index is 0.00000288. The summed E-state index contributed by atoms with van der Waals surface area (Å²) in [5.74, 6) is -0.730. The average molecular weight is 373 g/mol. The van der Waals surface area contributed by atoms with E-state index < -0.39 is 15.8 Å². The number of benzene rings is 2. The summed E-state index contributed by atoms with van der Waals surface area (Å²) in [7, 11) is -3.92. The molecule has 0 radical (unpaired) electrons. The van der Waals surface area contributed by atoms with Crippen LogP contribution in [0.25, 0.3) is 0 Å². The molecule has 0 saturated carbocycles. The Labute approximate surface area is 148 Å². The Kier molecular flexibility index (Phi) is 7.83. The second kappa shape index (κ2) is 9.13. The van der Waals surface area contributed by atoms with Gasteiger partial charge in [-0.1, -0.05) is 42.5 Å². The largest absolute Gasteiger partial charge is 0.329 e. The Morgan fingerprint density at radius 2 is 1.71 bits per heavy atom. The zero-order chi connectivity index (χ0) is 16.9. The van der Waals surface area contributed by atoms with E-state index in [2.05, 4.69) is 0 Å². The molecule has 7 heteroatoms. The maximum absolute atomic E-state index is 14.1. The monoisotopic (exact) mass is 372 g/mol. The molecule has 0 fully saturated rings. The van der Waals surface area contributed by atoms with Crippen LogP contribution in [0.5, 0.6) is 0 Å². The number of nitrogens with two attached hydrogens (primary N) is 1. The topological polar surface area (TPSA) is 63.4 Å². The number of aryl methyl sites for hydroxylation is 1. The van der Waals surface area contributed by atoms with Crippen LogP contribution in [0, 0.1) is 12.7 Å². The van der Waals surface area contributed by atoms with Gasteiger partial charge in [-0.2, -0.15) is 4.31 Å². The summed E-state index contributed by atoms with van der Waals surface area (Å²) in [5.41, 5.74) is 6.97. The van der Waals surface area contributed by atoms with Crippen molar-refractivity contribution in [3.05, 3.63) is 65.5 Å². The lowest BCUT2D eigenvalue weighted by atomic mass is 10.1. The minimum absolute atomic E-state index is 0. The van der Waals surface area contributed by atoms with Crippen molar-refractivity contribution in [2.24, 2.45) is 5.73 Å². The molecule has 0 aliphatic heterocycles. The Morgan fingerprint density at radius 3 is 2.29 bits per heavy atom. The van der Waals surface area contributed by atoms with Crippen LogP contribution in [-0.4, -0.2) is 32.4 Å². The Morgan fingerprint density at radius 1 is 1.04 bits per heavy atom. The molecule has 132 valence electrons. The van der Waals surface area contributed by atoms with Gasteiger partial charge in [0.15, 0.2) is 0 Å². The minimum atomic E-state index is -3.92. The summed E-state index contributed by atoms with van der Waals surface area (Å²) >= 11 is 0. The molecule has 0 saturated heterocycles. The highest BCUT2D eigenvalue weighted by atomic mass is 35.5. The lowest BCUT2D eigenvalue weighted by molar-refractivity contribution is 0.417. The van der Waals surface area contributed by atoms with Crippen molar-refractivity contribution in [3.8, 4) is 0 Å². The first-order chi connectivity index (χ1) is 11.0. The van der Waals surface area contributed by atoms with Gasteiger partial charge in [0.25, 0.3) is 0 Å². The van der Waals surface area contributed by atoms with Crippen LogP contribution in [0.2, 0.25) is 0 Å². The molecule has 2 rings (SSSR count). The molecule has 0 aliphatic rings. The zero-order valence-corrected chi connectivity index (χ0v) is 15.1. The van der Waals surface area contributed by atoms with Gasteiger partial charge >= 0.3 is 0 Å². The first-order valence-corrected chi connectivity index (χ1v) is 8.90. The number of sulfonamides is 1. The molecular weight excluding hydrogens is 351 g/mol. The van der Waals surface area contributed by atoms with Crippen LogP contribution in [0.4, 0.5) is 4.39 Å². The minimum Gasteiger partial charge on any atom is -0.329 e. The van der Waals surface area contributed by atoms with Gasteiger partial charge in [0.05, 0.1) is 0 Å². The third-order valence-corrected chi connectivity index (χ3v) is 5.71. The van der Waals surface area contributed by atoms with Crippen LogP contribution in [0.3, 0.4) is 0 Å². The number of nitrogens with zero attached hydrogens (tertiary/aromatic N) is 1. The van der Waals surface area contributed by atoms with Gasteiger partial charge in [0.1, 0.15) is 10.7 Å². The fourth-order valence-corrected chi connectivity index (χ4v) is 4.19. The van der Waals surface area contributed by atoms with E-state index in [1.54, 1.807) is 13.0 Å². The summed E-state index contributed by atoms with van der Waals surface area (Å²) in [6, 6.07) is 13.8. The molecule has 0 aromatic heterocycles. The molecule has 2 aromatic rings. The Hall–Kier alpha value is -1.47. The summed E-state index contributed by atoms with van der Waals surface area (Å²) in [6.45, 7) is 2.19. The standard InChI is InChI=1S/C17H21FN2O2S.ClH/c1-14-6-5-9-16(18)17(14)23(21,22)20(13-11-19)12-10-15-7-3-2-4-8-15;/h2-9H,10-13,19H2,1H3;1H. The van der Waals surface area contributed by atoms with E-state index in [1.165, 1.54) is 10.4 Å². The highest BCUT2D eigenvalue weighted by Crippen LogP contribution is 2.23. The third-order valence-electron chi connectivity index (χ3n) is 3.63. The molecule has 4 nitrogen and oxygen atoms in total. The van der Waals surface area contributed by atoms with Crippen molar-refractivity contribution >= 4 is 22.4 Å². The summed E-state index contributed by atoms with van der Waals surface area (Å²) < 4.78 is 41.0. The van der Waals surface area contributed by atoms with Gasteiger partial charge < -0.3 is 5.73 Å². The SMILES string of the molecule is Cc1cccc(F)c1S(=O)(=O)N(CCN)CCc1ccccc1.Cl. The lowest BCUT2D eigenvalue weighted by Crippen LogP contribution is -2.37. The van der Waals surface area contributed by atoms with Gasteiger partial charge in [-0.15, -0.1) is 12.4 Å². The molecule has 2 aromatic carbocycles. The maximum Gasteiger partial charge on any atom is 0.246 e. The van der Waals surface area contributed by atoms with E-state index in [0.29, 0.717) is 12.0 Å². The second-order valence-electron chi connectivity index (χ2n) is 5.31. The predicted molar refractivity (Wildman–Crippen MR) is 96.3 cm³/mol. The average Bonchev–Trinajstić information content (AvgIpc) is 2.52. The van der Waals surface area contributed by atoms with E-state index in [-0.39, 0.29) is 36.9 Å². The molecule has 0 heterocycles. The first kappa shape index (κ1) is 20.6. The van der Waals surface area contributed by atoms with Crippen molar-refractivity contribution < 1.29 is 12.8 Å².